The van der Waals surface area contributed by atoms with E-state index in [1.165, 1.54) is 12.1 Å². The molecule has 4 rings (SSSR count). The summed E-state index contributed by atoms with van der Waals surface area (Å²) in [5, 5.41) is 16.4. The molecule has 0 amide bonds. The van der Waals surface area contributed by atoms with Crippen LogP contribution in [0.4, 0.5) is 5.69 Å². The van der Waals surface area contributed by atoms with Crippen molar-refractivity contribution >= 4 is 22.2 Å². The second-order valence-electron chi connectivity index (χ2n) is 6.12. The zero-order valence-electron chi connectivity index (χ0n) is 14.3. The molecule has 0 aliphatic carbocycles. The summed E-state index contributed by atoms with van der Waals surface area (Å²) in [6, 6.07) is 14.2. The van der Waals surface area contributed by atoms with Gasteiger partial charge < -0.3 is 0 Å². The highest BCUT2D eigenvalue weighted by atomic mass is 16.6. The largest absolute Gasteiger partial charge is 0.269 e. The molecule has 0 N–H and O–H groups in total. The van der Waals surface area contributed by atoms with Crippen molar-refractivity contribution < 1.29 is 4.92 Å². The molecule has 0 radical (unpaired) electrons. The fraction of sp³-hybridized carbons (Fsp3) is 0.211. The lowest BCUT2D eigenvalue weighted by Crippen LogP contribution is -2.03. The number of hydrogen-bond donors (Lipinski definition) is 0. The lowest BCUT2D eigenvalue weighted by molar-refractivity contribution is -0.384. The average molecular weight is 347 g/mol. The maximum atomic E-state index is 10.8. The van der Waals surface area contributed by atoms with E-state index in [-0.39, 0.29) is 5.69 Å². The van der Waals surface area contributed by atoms with Crippen LogP contribution in [0.15, 0.2) is 48.5 Å². The Morgan fingerprint density at radius 3 is 2.58 bits per heavy atom. The van der Waals surface area contributed by atoms with Gasteiger partial charge in [-0.3, -0.25) is 10.1 Å². The molecule has 130 valence electrons. The number of nitro benzene ring substituents is 1. The van der Waals surface area contributed by atoms with Crippen molar-refractivity contribution in [3.05, 3.63) is 64.5 Å². The number of aromatic nitrogens is 4. The minimum absolute atomic E-state index is 0.0493. The van der Waals surface area contributed by atoms with E-state index < -0.39 is 4.92 Å². The Balaban J connectivity index is 1.89. The van der Waals surface area contributed by atoms with E-state index >= 15 is 0 Å². The van der Waals surface area contributed by atoms with Gasteiger partial charge in [-0.2, -0.15) is 4.52 Å². The molecular weight excluding hydrogens is 330 g/mol. The van der Waals surface area contributed by atoms with Gasteiger partial charge in [-0.25, -0.2) is 9.97 Å². The third-order valence-corrected chi connectivity index (χ3v) is 4.34. The van der Waals surface area contributed by atoms with Crippen LogP contribution in [0, 0.1) is 10.1 Å². The van der Waals surface area contributed by atoms with Gasteiger partial charge in [-0.05, 0) is 30.7 Å². The molecule has 2 heterocycles. The zero-order valence-corrected chi connectivity index (χ0v) is 14.3. The summed E-state index contributed by atoms with van der Waals surface area (Å²) in [7, 11) is 0. The number of fused-ring (bicyclic) bond motifs is 3. The maximum Gasteiger partial charge on any atom is 0.269 e. The van der Waals surface area contributed by atoms with E-state index in [9.17, 15) is 10.1 Å². The van der Waals surface area contributed by atoms with E-state index in [1.54, 1.807) is 16.6 Å². The van der Waals surface area contributed by atoms with Crippen LogP contribution in [0.3, 0.4) is 0 Å². The van der Waals surface area contributed by atoms with Gasteiger partial charge in [0.25, 0.3) is 5.69 Å². The van der Waals surface area contributed by atoms with Crippen LogP contribution in [0.2, 0.25) is 0 Å². The minimum Gasteiger partial charge on any atom is -0.258 e. The second-order valence-corrected chi connectivity index (χ2v) is 6.12. The molecule has 0 aliphatic rings. The molecule has 2 aromatic carbocycles. The van der Waals surface area contributed by atoms with Crippen molar-refractivity contribution in [2.45, 2.75) is 26.2 Å². The molecule has 0 bridgehead atoms. The summed E-state index contributed by atoms with van der Waals surface area (Å²) >= 11 is 0. The van der Waals surface area contributed by atoms with Crippen molar-refractivity contribution in [3.8, 4) is 11.4 Å². The predicted molar refractivity (Wildman–Crippen MR) is 99.0 cm³/mol. The van der Waals surface area contributed by atoms with E-state index in [0.717, 1.165) is 47.2 Å². The molecule has 4 aromatic rings. The van der Waals surface area contributed by atoms with Gasteiger partial charge in [0.15, 0.2) is 11.5 Å². The summed E-state index contributed by atoms with van der Waals surface area (Å²) in [6.07, 6.45) is 2.91. The molecule has 2 aromatic heterocycles. The van der Waals surface area contributed by atoms with Crippen LogP contribution >= 0.6 is 0 Å². The van der Waals surface area contributed by atoms with Gasteiger partial charge in [-0.1, -0.05) is 25.5 Å². The molecular formula is C19H17N5O2. The molecule has 0 unspecified atom stereocenters. The Bertz CT molecular complexity index is 1100. The Morgan fingerprint density at radius 2 is 1.85 bits per heavy atom. The van der Waals surface area contributed by atoms with Gasteiger partial charge >= 0.3 is 0 Å². The fourth-order valence-electron chi connectivity index (χ4n) is 2.96. The SMILES string of the molecule is CCCCc1nc2ccccc2c2nc(-c3ccc([N+](=O)[O-])cc3)nn12. The summed E-state index contributed by atoms with van der Waals surface area (Å²) in [5.74, 6) is 1.41. The number of benzene rings is 2. The fourth-order valence-corrected chi connectivity index (χ4v) is 2.96. The van der Waals surface area contributed by atoms with Crippen molar-refractivity contribution in [1.29, 1.82) is 0 Å². The summed E-state index contributed by atoms with van der Waals surface area (Å²) in [5.41, 5.74) is 2.45. The Hall–Kier alpha value is -3.35. The average Bonchev–Trinajstić information content (AvgIpc) is 3.12. The highest BCUT2D eigenvalue weighted by molar-refractivity contribution is 5.91. The number of nitrogens with zero attached hydrogens (tertiary/aromatic N) is 5. The van der Waals surface area contributed by atoms with Gasteiger partial charge in [0, 0.05) is 29.5 Å². The van der Waals surface area contributed by atoms with Gasteiger partial charge in [-0.15, -0.1) is 5.10 Å². The highest BCUT2D eigenvalue weighted by Crippen LogP contribution is 2.24. The normalized spacial score (nSPS) is 11.3. The molecule has 7 heteroatoms. The Morgan fingerprint density at radius 1 is 1.08 bits per heavy atom. The third kappa shape index (κ3) is 2.77. The molecule has 0 saturated carbocycles. The molecule has 26 heavy (non-hydrogen) atoms. The summed E-state index contributed by atoms with van der Waals surface area (Å²) in [4.78, 5) is 19.9. The number of para-hydroxylation sites is 1. The molecule has 7 nitrogen and oxygen atoms in total. The first-order chi connectivity index (χ1) is 12.7. The Labute approximate surface area is 149 Å². The smallest absolute Gasteiger partial charge is 0.258 e. The lowest BCUT2D eigenvalue weighted by Gasteiger charge is -2.05. The molecule has 0 spiro atoms. The molecule has 0 atom stereocenters. The zero-order chi connectivity index (χ0) is 18.1. The monoisotopic (exact) mass is 347 g/mol. The predicted octanol–water partition coefficient (Wildman–Crippen LogP) is 4.20. The first-order valence-electron chi connectivity index (χ1n) is 8.56. The van der Waals surface area contributed by atoms with E-state index in [1.807, 2.05) is 24.3 Å². The molecule has 0 fully saturated rings. The van der Waals surface area contributed by atoms with Crippen molar-refractivity contribution in [2.75, 3.05) is 0 Å². The summed E-state index contributed by atoms with van der Waals surface area (Å²) in [6.45, 7) is 2.14. The first kappa shape index (κ1) is 16.1. The first-order valence-corrected chi connectivity index (χ1v) is 8.56. The maximum absolute atomic E-state index is 10.8. The highest BCUT2D eigenvalue weighted by Gasteiger charge is 2.15. The standard InChI is InChI=1S/C19H17N5O2/c1-2-3-8-17-20-16-7-5-4-6-15(16)19-21-18(22-23(17)19)13-9-11-14(12-10-13)24(25)26/h4-7,9-12H,2-3,8H2,1H3. The quantitative estimate of drug-likeness (QED) is 0.399. The number of rotatable bonds is 5. The van der Waals surface area contributed by atoms with Crippen molar-refractivity contribution in [1.82, 2.24) is 19.6 Å². The van der Waals surface area contributed by atoms with Crippen LogP contribution in [-0.4, -0.2) is 24.5 Å². The number of non-ortho nitro benzene ring substituents is 1. The van der Waals surface area contributed by atoms with Crippen molar-refractivity contribution in [3.63, 3.8) is 0 Å². The lowest BCUT2D eigenvalue weighted by atomic mass is 10.2. The number of nitro groups is 1. The topological polar surface area (TPSA) is 86.2 Å². The van der Waals surface area contributed by atoms with Crippen LogP contribution in [0.1, 0.15) is 25.6 Å². The Kier molecular flexibility index (Phi) is 4.04. The van der Waals surface area contributed by atoms with Crippen LogP contribution in [0.5, 0.6) is 0 Å². The van der Waals surface area contributed by atoms with Crippen molar-refractivity contribution in [2.24, 2.45) is 0 Å². The van der Waals surface area contributed by atoms with Crippen LogP contribution in [-0.2, 0) is 6.42 Å². The number of unbranched alkanes of at least 4 members (excludes halogenated alkanes) is 1. The van der Waals surface area contributed by atoms with Gasteiger partial charge in [0.1, 0.15) is 5.82 Å². The van der Waals surface area contributed by atoms with Crippen LogP contribution in [0.25, 0.3) is 27.9 Å². The van der Waals surface area contributed by atoms with Gasteiger partial charge in [0.2, 0.25) is 0 Å². The number of aryl methyl sites for hydroxylation is 1. The molecule has 0 saturated heterocycles. The second kappa shape index (κ2) is 6.51. The van der Waals surface area contributed by atoms with E-state index in [0.29, 0.717) is 5.82 Å². The summed E-state index contributed by atoms with van der Waals surface area (Å²) < 4.78 is 1.80. The van der Waals surface area contributed by atoms with Gasteiger partial charge in [0.05, 0.1) is 10.4 Å². The molecule has 0 aliphatic heterocycles. The minimum atomic E-state index is -0.416. The number of hydrogen-bond acceptors (Lipinski definition) is 5. The van der Waals surface area contributed by atoms with E-state index in [2.05, 4.69) is 12.0 Å². The van der Waals surface area contributed by atoms with Crippen LogP contribution < -0.4 is 0 Å². The third-order valence-electron chi connectivity index (χ3n) is 4.34. The van der Waals surface area contributed by atoms with E-state index in [4.69, 9.17) is 9.97 Å².